The first-order valence-electron chi connectivity index (χ1n) is 8.50. The third-order valence-corrected chi connectivity index (χ3v) is 5.60. The normalized spacial score (nSPS) is 14.7. The van der Waals surface area contributed by atoms with Crippen LogP contribution in [-0.2, 0) is 16.6 Å². The molecule has 27 heavy (non-hydrogen) atoms. The van der Waals surface area contributed by atoms with Crippen molar-refractivity contribution in [2.75, 3.05) is 17.6 Å². The van der Waals surface area contributed by atoms with Crippen molar-refractivity contribution in [3.63, 3.8) is 0 Å². The predicted octanol–water partition coefficient (Wildman–Crippen LogP) is 3.20. The van der Waals surface area contributed by atoms with Crippen molar-refractivity contribution in [3.8, 4) is 28.4 Å². The Labute approximate surface area is 158 Å². The van der Waals surface area contributed by atoms with Gasteiger partial charge in [-0.1, -0.05) is 30.3 Å². The van der Waals surface area contributed by atoms with Crippen molar-refractivity contribution in [1.82, 2.24) is 0 Å². The van der Waals surface area contributed by atoms with Crippen LogP contribution >= 0.6 is 0 Å². The smallest absolute Gasteiger partial charge is 0.302 e. The third-order valence-electron chi connectivity index (χ3n) is 4.37. The number of fused-ring (bicyclic) bond motifs is 1. The fourth-order valence-electron chi connectivity index (χ4n) is 3.05. The Bertz CT molecular complexity index is 1070. The Hall–Kier alpha value is -3.06. The molecule has 0 fully saturated rings. The molecule has 2 heterocycles. The number of para-hydroxylation sites is 1. The van der Waals surface area contributed by atoms with Crippen LogP contribution in [-0.4, -0.2) is 21.3 Å². The van der Waals surface area contributed by atoms with Gasteiger partial charge in [-0.3, -0.25) is 0 Å². The molecule has 1 aliphatic heterocycles. The molecule has 4 rings (SSSR count). The van der Waals surface area contributed by atoms with E-state index in [2.05, 4.69) is 4.72 Å². The minimum absolute atomic E-state index is 0.0558. The van der Waals surface area contributed by atoms with E-state index >= 15 is 0 Å². The van der Waals surface area contributed by atoms with Crippen molar-refractivity contribution < 1.29 is 22.5 Å². The van der Waals surface area contributed by atoms with Gasteiger partial charge in [0, 0.05) is 6.07 Å². The second-order valence-corrected chi connectivity index (χ2v) is 8.00. The number of aryl methyl sites for hydroxylation is 1. The molecule has 6 nitrogen and oxygen atoms in total. The SMILES string of the molecule is COc1cc[n+]2c(c1-c1ccc(Oc3ccccc3)cc1)NS(=O)(=O)CC2. The molecule has 0 amide bonds. The highest BCUT2D eigenvalue weighted by Crippen LogP contribution is 2.37. The topological polar surface area (TPSA) is 68.5 Å². The zero-order chi connectivity index (χ0) is 18.9. The summed E-state index contributed by atoms with van der Waals surface area (Å²) < 4.78 is 40.0. The number of aromatic nitrogens is 1. The number of hydrogen-bond donors (Lipinski definition) is 1. The lowest BCUT2D eigenvalue weighted by molar-refractivity contribution is -0.679. The molecule has 1 aliphatic rings. The van der Waals surface area contributed by atoms with Gasteiger partial charge in [0.25, 0.3) is 0 Å². The molecule has 3 aromatic rings. The monoisotopic (exact) mass is 383 g/mol. The third kappa shape index (κ3) is 3.59. The molecule has 0 aliphatic carbocycles. The summed E-state index contributed by atoms with van der Waals surface area (Å²) in [6.07, 6.45) is 1.83. The van der Waals surface area contributed by atoms with Crippen LogP contribution in [0, 0.1) is 0 Å². The molecular formula is C20H19N2O4S+. The first-order chi connectivity index (χ1) is 13.1. The lowest BCUT2D eigenvalue weighted by Gasteiger charge is -2.18. The molecular weight excluding hydrogens is 364 g/mol. The number of nitrogens with zero attached hydrogens (tertiary/aromatic N) is 1. The van der Waals surface area contributed by atoms with Gasteiger partial charge in [0.05, 0.1) is 13.3 Å². The van der Waals surface area contributed by atoms with Crippen molar-refractivity contribution in [1.29, 1.82) is 0 Å². The second-order valence-electron chi connectivity index (χ2n) is 6.16. The zero-order valence-electron chi connectivity index (χ0n) is 14.8. The summed E-state index contributed by atoms with van der Waals surface area (Å²) in [6, 6.07) is 18.8. The van der Waals surface area contributed by atoms with Crippen LogP contribution in [0.2, 0.25) is 0 Å². The number of pyridine rings is 1. The second kappa shape index (κ2) is 6.92. The average molecular weight is 383 g/mol. The van der Waals surface area contributed by atoms with Gasteiger partial charge in [-0.2, -0.15) is 13.1 Å². The Balaban J connectivity index is 1.73. The van der Waals surface area contributed by atoms with Crippen molar-refractivity contribution in [2.45, 2.75) is 6.54 Å². The van der Waals surface area contributed by atoms with Crippen LogP contribution in [0.1, 0.15) is 0 Å². The van der Waals surface area contributed by atoms with E-state index in [0.29, 0.717) is 29.4 Å². The van der Waals surface area contributed by atoms with Gasteiger partial charge in [0.2, 0.25) is 0 Å². The number of hydrogen-bond acceptors (Lipinski definition) is 4. The lowest BCUT2D eigenvalue weighted by atomic mass is 10.0. The van der Waals surface area contributed by atoms with E-state index in [1.54, 1.807) is 7.11 Å². The van der Waals surface area contributed by atoms with Crippen LogP contribution in [0.15, 0.2) is 66.9 Å². The lowest BCUT2D eigenvalue weighted by Crippen LogP contribution is -2.47. The molecule has 0 bridgehead atoms. The number of nitrogens with one attached hydrogen (secondary N) is 1. The summed E-state index contributed by atoms with van der Waals surface area (Å²) in [5.74, 6) is 2.62. The quantitative estimate of drug-likeness (QED) is 0.703. The average Bonchev–Trinajstić information content (AvgIpc) is 2.68. The standard InChI is InChI=1S/C20H18N2O4S/c1-25-18-11-12-22-13-14-27(23,24)21-20(22)19(18)15-7-9-17(10-8-15)26-16-5-3-2-4-6-16/h2-12H,13-14H2,1H3/p+1. The summed E-state index contributed by atoms with van der Waals surface area (Å²) in [5, 5.41) is 0. The van der Waals surface area contributed by atoms with E-state index in [4.69, 9.17) is 9.47 Å². The van der Waals surface area contributed by atoms with E-state index in [-0.39, 0.29) is 5.75 Å². The molecule has 7 heteroatoms. The van der Waals surface area contributed by atoms with E-state index in [1.165, 1.54) is 0 Å². The number of methoxy groups -OCH3 is 1. The maximum Gasteiger partial charge on any atom is 0.302 e. The number of sulfonamides is 1. The van der Waals surface area contributed by atoms with Crippen LogP contribution < -0.4 is 18.8 Å². The summed E-state index contributed by atoms with van der Waals surface area (Å²) in [7, 11) is -1.78. The zero-order valence-corrected chi connectivity index (χ0v) is 15.6. The Morgan fingerprint density at radius 3 is 2.37 bits per heavy atom. The highest BCUT2D eigenvalue weighted by atomic mass is 32.2. The molecule has 2 aromatic carbocycles. The van der Waals surface area contributed by atoms with Crippen LogP contribution in [0.4, 0.5) is 5.82 Å². The van der Waals surface area contributed by atoms with E-state index < -0.39 is 10.0 Å². The first kappa shape index (κ1) is 17.4. The highest BCUT2D eigenvalue weighted by Gasteiger charge is 2.32. The van der Waals surface area contributed by atoms with E-state index in [1.807, 2.05) is 71.4 Å². The molecule has 1 aromatic heterocycles. The van der Waals surface area contributed by atoms with E-state index in [0.717, 1.165) is 11.3 Å². The largest absolute Gasteiger partial charge is 0.496 e. The molecule has 1 N–H and O–H groups in total. The maximum absolute atomic E-state index is 12.1. The minimum Gasteiger partial charge on any atom is -0.496 e. The van der Waals surface area contributed by atoms with Crippen molar-refractivity contribution >= 4 is 15.8 Å². The summed E-state index contributed by atoms with van der Waals surface area (Å²) in [4.78, 5) is 0. The van der Waals surface area contributed by atoms with Gasteiger partial charge in [0.1, 0.15) is 35.1 Å². The first-order valence-corrected chi connectivity index (χ1v) is 10.2. The molecule has 0 unspecified atom stereocenters. The van der Waals surface area contributed by atoms with Crippen LogP contribution in [0.5, 0.6) is 17.2 Å². The van der Waals surface area contributed by atoms with Gasteiger partial charge >= 0.3 is 15.8 Å². The van der Waals surface area contributed by atoms with Crippen molar-refractivity contribution in [2.24, 2.45) is 0 Å². The highest BCUT2D eigenvalue weighted by molar-refractivity contribution is 7.92. The van der Waals surface area contributed by atoms with Crippen molar-refractivity contribution in [3.05, 3.63) is 66.9 Å². The number of rotatable bonds is 4. The Morgan fingerprint density at radius 2 is 1.67 bits per heavy atom. The molecule has 138 valence electrons. The Kier molecular flexibility index (Phi) is 4.45. The maximum atomic E-state index is 12.1. The number of benzene rings is 2. The van der Waals surface area contributed by atoms with Gasteiger partial charge < -0.3 is 9.47 Å². The van der Waals surface area contributed by atoms with Gasteiger partial charge in [-0.15, -0.1) is 0 Å². The van der Waals surface area contributed by atoms with Gasteiger partial charge in [0.15, 0.2) is 0 Å². The number of ether oxygens (including phenoxy) is 2. The molecule has 0 spiro atoms. The van der Waals surface area contributed by atoms with Gasteiger partial charge in [-0.05, 0) is 29.8 Å². The number of anilines is 1. The minimum atomic E-state index is -3.35. The summed E-state index contributed by atoms with van der Waals surface area (Å²) in [5.41, 5.74) is 1.54. The fourth-order valence-corrected chi connectivity index (χ4v) is 4.11. The van der Waals surface area contributed by atoms with Crippen LogP contribution in [0.3, 0.4) is 0 Å². The van der Waals surface area contributed by atoms with E-state index in [9.17, 15) is 8.42 Å². The predicted molar refractivity (Wildman–Crippen MR) is 103 cm³/mol. The fraction of sp³-hybridized carbons (Fsp3) is 0.150. The Morgan fingerprint density at radius 1 is 0.963 bits per heavy atom. The summed E-state index contributed by atoms with van der Waals surface area (Å²) in [6.45, 7) is 0.400. The summed E-state index contributed by atoms with van der Waals surface area (Å²) >= 11 is 0. The molecule has 0 saturated heterocycles. The van der Waals surface area contributed by atoms with Crippen LogP contribution in [0.25, 0.3) is 11.1 Å². The van der Waals surface area contributed by atoms with Gasteiger partial charge in [-0.25, -0.2) is 4.57 Å². The molecule has 0 radical (unpaired) electrons. The molecule has 0 atom stereocenters. The molecule has 0 saturated carbocycles.